The standard InChI is InChI=1S/C17H32N2/c1-2-15-5-3-4-6-17(15)19-11-9-16(10-12-19)18-13-14-7-8-14/h14-18H,2-13H2,1H3. The van der Waals surface area contributed by atoms with E-state index in [0.717, 1.165) is 23.9 Å². The van der Waals surface area contributed by atoms with Crippen molar-refractivity contribution in [2.45, 2.75) is 76.8 Å². The van der Waals surface area contributed by atoms with E-state index in [0.29, 0.717) is 0 Å². The Labute approximate surface area is 119 Å². The second-order valence-electron chi connectivity index (χ2n) is 7.18. The van der Waals surface area contributed by atoms with Crippen molar-refractivity contribution in [3.8, 4) is 0 Å². The maximum absolute atomic E-state index is 3.81. The number of hydrogen-bond donors (Lipinski definition) is 1. The lowest BCUT2D eigenvalue weighted by Gasteiger charge is -2.43. The largest absolute Gasteiger partial charge is 0.314 e. The van der Waals surface area contributed by atoms with Gasteiger partial charge in [0.2, 0.25) is 0 Å². The van der Waals surface area contributed by atoms with Gasteiger partial charge in [0.25, 0.3) is 0 Å². The van der Waals surface area contributed by atoms with Crippen molar-refractivity contribution >= 4 is 0 Å². The molecule has 1 N–H and O–H groups in total. The molecule has 0 aromatic heterocycles. The molecule has 3 aliphatic rings. The van der Waals surface area contributed by atoms with Crippen LogP contribution >= 0.6 is 0 Å². The normalized spacial score (nSPS) is 34.6. The molecule has 2 saturated carbocycles. The Morgan fingerprint density at radius 3 is 2.37 bits per heavy atom. The molecule has 0 aromatic carbocycles. The summed E-state index contributed by atoms with van der Waals surface area (Å²) in [6.07, 6.45) is 13.0. The summed E-state index contributed by atoms with van der Waals surface area (Å²) < 4.78 is 0. The summed E-state index contributed by atoms with van der Waals surface area (Å²) in [5.74, 6) is 2.02. The molecule has 2 nitrogen and oxygen atoms in total. The van der Waals surface area contributed by atoms with Crippen LogP contribution in [0.4, 0.5) is 0 Å². The molecule has 1 saturated heterocycles. The van der Waals surface area contributed by atoms with Gasteiger partial charge in [-0.1, -0.05) is 26.2 Å². The van der Waals surface area contributed by atoms with Crippen LogP contribution in [0.15, 0.2) is 0 Å². The topological polar surface area (TPSA) is 15.3 Å². The number of nitrogens with one attached hydrogen (secondary N) is 1. The molecular formula is C17H32N2. The Hall–Kier alpha value is -0.0800. The highest BCUT2D eigenvalue weighted by molar-refractivity contribution is 4.88. The van der Waals surface area contributed by atoms with Crippen molar-refractivity contribution in [2.75, 3.05) is 19.6 Å². The molecule has 2 unspecified atom stereocenters. The molecule has 0 amide bonds. The summed E-state index contributed by atoms with van der Waals surface area (Å²) in [6, 6.07) is 1.74. The summed E-state index contributed by atoms with van der Waals surface area (Å²) in [5, 5.41) is 3.81. The molecule has 0 radical (unpaired) electrons. The van der Waals surface area contributed by atoms with E-state index in [-0.39, 0.29) is 0 Å². The molecule has 0 spiro atoms. The van der Waals surface area contributed by atoms with Gasteiger partial charge in [0.05, 0.1) is 0 Å². The minimum absolute atomic E-state index is 0.820. The fourth-order valence-electron chi connectivity index (χ4n) is 4.24. The number of piperidine rings is 1. The fraction of sp³-hybridized carbons (Fsp3) is 1.00. The minimum atomic E-state index is 0.820. The average molecular weight is 264 g/mol. The summed E-state index contributed by atoms with van der Waals surface area (Å²) >= 11 is 0. The quantitative estimate of drug-likeness (QED) is 0.818. The van der Waals surface area contributed by atoms with E-state index in [9.17, 15) is 0 Å². The van der Waals surface area contributed by atoms with Gasteiger partial charge in [0.1, 0.15) is 0 Å². The molecule has 2 heteroatoms. The lowest BCUT2D eigenvalue weighted by molar-refractivity contribution is 0.0730. The molecule has 19 heavy (non-hydrogen) atoms. The SMILES string of the molecule is CCC1CCCCC1N1CCC(NCC2CC2)CC1. The first-order valence-corrected chi connectivity index (χ1v) is 8.84. The maximum atomic E-state index is 3.81. The van der Waals surface area contributed by atoms with Gasteiger partial charge in [-0.15, -0.1) is 0 Å². The third-order valence-corrected chi connectivity index (χ3v) is 5.78. The first kappa shape index (κ1) is 13.9. The van der Waals surface area contributed by atoms with Crippen LogP contribution in [0.5, 0.6) is 0 Å². The van der Waals surface area contributed by atoms with E-state index < -0.39 is 0 Å². The molecule has 2 aliphatic carbocycles. The number of rotatable bonds is 5. The van der Waals surface area contributed by atoms with Crippen molar-refractivity contribution in [3.05, 3.63) is 0 Å². The van der Waals surface area contributed by atoms with Crippen LogP contribution in [-0.4, -0.2) is 36.6 Å². The molecule has 3 fully saturated rings. The van der Waals surface area contributed by atoms with Crippen LogP contribution in [0.3, 0.4) is 0 Å². The number of nitrogens with zero attached hydrogens (tertiary/aromatic N) is 1. The second kappa shape index (κ2) is 6.58. The maximum Gasteiger partial charge on any atom is 0.0123 e. The molecule has 110 valence electrons. The minimum Gasteiger partial charge on any atom is -0.314 e. The van der Waals surface area contributed by atoms with Gasteiger partial charge in [-0.05, 0) is 70.0 Å². The van der Waals surface area contributed by atoms with E-state index in [2.05, 4.69) is 17.1 Å². The molecule has 2 atom stereocenters. The summed E-state index contributed by atoms with van der Waals surface area (Å²) in [4.78, 5) is 2.84. The number of likely N-dealkylation sites (tertiary alicyclic amines) is 1. The van der Waals surface area contributed by atoms with E-state index in [4.69, 9.17) is 0 Å². The monoisotopic (exact) mass is 264 g/mol. The highest BCUT2D eigenvalue weighted by atomic mass is 15.2. The summed E-state index contributed by atoms with van der Waals surface area (Å²) in [5.41, 5.74) is 0. The van der Waals surface area contributed by atoms with E-state index in [1.807, 2.05) is 0 Å². The Morgan fingerprint density at radius 1 is 0.947 bits per heavy atom. The Bertz CT molecular complexity index is 266. The number of hydrogen-bond acceptors (Lipinski definition) is 2. The van der Waals surface area contributed by atoms with Gasteiger partial charge < -0.3 is 5.32 Å². The predicted molar refractivity (Wildman–Crippen MR) is 81.4 cm³/mol. The van der Waals surface area contributed by atoms with Crippen LogP contribution in [0.25, 0.3) is 0 Å². The van der Waals surface area contributed by atoms with Gasteiger partial charge in [0, 0.05) is 12.1 Å². The molecule has 1 aliphatic heterocycles. The Balaban J connectivity index is 1.42. The van der Waals surface area contributed by atoms with E-state index >= 15 is 0 Å². The van der Waals surface area contributed by atoms with Gasteiger partial charge >= 0.3 is 0 Å². The third-order valence-electron chi connectivity index (χ3n) is 5.78. The van der Waals surface area contributed by atoms with Crippen molar-refractivity contribution in [1.29, 1.82) is 0 Å². The van der Waals surface area contributed by atoms with E-state index in [1.54, 1.807) is 0 Å². The summed E-state index contributed by atoms with van der Waals surface area (Å²) in [7, 11) is 0. The van der Waals surface area contributed by atoms with Gasteiger partial charge in [0.15, 0.2) is 0 Å². The zero-order valence-corrected chi connectivity index (χ0v) is 12.7. The van der Waals surface area contributed by atoms with Gasteiger partial charge in [-0.2, -0.15) is 0 Å². The second-order valence-corrected chi connectivity index (χ2v) is 7.18. The van der Waals surface area contributed by atoms with Gasteiger partial charge in [-0.3, -0.25) is 4.90 Å². The van der Waals surface area contributed by atoms with Crippen LogP contribution in [0.2, 0.25) is 0 Å². The smallest absolute Gasteiger partial charge is 0.0123 e. The molecule has 0 aromatic rings. The molecule has 0 bridgehead atoms. The zero-order chi connectivity index (χ0) is 13.1. The van der Waals surface area contributed by atoms with Crippen molar-refractivity contribution < 1.29 is 0 Å². The van der Waals surface area contributed by atoms with Crippen molar-refractivity contribution in [2.24, 2.45) is 11.8 Å². The first-order valence-electron chi connectivity index (χ1n) is 8.84. The van der Waals surface area contributed by atoms with Crippen LogP contribution in [0.1, 0.15) is 64.7 Å². The molecular weight excluding hydrogens is 232 g/mol. The molecule has 1 heterocycles. The Kier molecular flexibility index (Phi) is 4.81. The lowest BCUT2D eigenvalue weighted by Crippen LogP contribution is -2.50. The van der Waals surface area contributed by atoms with Gasteiger partial charge in [-0.25, -0.2) is 0 Å². The predicted octanol–water partition coefficient (Wildman–Crippen LogP) is 3.42. The Morgan fingerprint density at radius 2 is 1.68 bits per heavy atom. The van der Waals surface area contributed by atoms with Crippen LogP contribution in [0, 0.1) is 11.8 Å². The summed E-state index contributed by atoms with van der Waals surface area (Å²) in [6.45, 7) is 6.39. The fourth-order valence-corrected chi connectivity index (χ4v) is 4.24. The first-order chi connectivity index (χ1) is 9.36. The highest BCUT2D eigenvalue weighted by Crippen LogP contribution is 2.32. The van der Waals surface area contributed by atoms with E-state index in [1.165, 1.54) is 77.4 Å². The third kappa shape index (κ3) is 3.72. The molecule has 3 rings (SSSR count). The zero-order valence-electron chi connectivity index (χ0n) is 12.7. The van der Waals surface area contributed by atoms with Crippen molar-refractivity contribution in [3.63, 3.8) is 0 Å². The van der Waals surface area contributed by atoms with Crippen molar-refractivity contribution in [1.82, 2.24) is 10.2 Å². The van der Waals surface area contributed by atoms with Crippen LogP contribution < -0.4 is 5.32 Å². The lowest BCUT2D eigenvalue weighted by atomic mass is 9.81. The van der Waals surface area contributed by atoms with Crippen LogP contribution in [-0.2, 0) is 0 Å². The highest BCUT2D eigenvalue weighted by Gasteiger charge is 2.31. The average Bonchev–Trinajstić information content (AvgIpc) is 3.30.